The highest BCUT2D eigenvalue weighted by Gasteiger charge is 2.48. The van der Waals surface area contributed by atoms with E-state index in [9.17, 15) is 19.5 Å². The standard InChI is InChI=1S/C38H48N2O8S/c1-7-9-11-12-13-21-47-29-19-16-27(22-30(29)45-6)32-31(33(41)26-14-17-28(18-15-26)46-20-10-8-2)34(42)36(43)40(32)38-39-25(5)35(49-38)37(44)48-23-24(3)4/h14-19,22,24,32,41H,7-13,20-21,23H2,1-6H3/b33-31+. The first-order valence-electron chi connectivity index (χ1n) is 17.1. The fraction of sp³-hybridized carbons (Fsp3) is 0.474. The highest BCUT2D eigenvalue weighted by atomic mass is 32.1. The molecule has 49 heavy (non-hydrogen) atoms. The molecule has 1 unspecified atom stereocenters. The van der Waals surface area contributed by atoms with E-state index in [1.165, 1.54) is 18.4 Å². The number of unbranched alkanes of at least 4 members (excludes halogenated alkanes) is 5. The second kappa shape index (κ2) is 17.9. The fourth-order valence-electron chi connectivity index (χ4n) is 5.39. The Morgan fingerprint density at radius 1 is 0.939 bits per heavy atom. The lowest BCUT2D eigenvalue weighted by Gasteiger charge is -2.24. The van der Waals surface area contributed by atoms with Crippen molar-refractivity contribution in [1.82, 2.24) is 4.98 Å². The van der Waals surface area contributed by atoms with E-state index < -0.39 is 23.7 Å². The van der Waals surface area contributed by atoms with E-state index in [0.717, 1.165) is 49.9 Å². The predicted molar refractivity (Wildman–Crippen MR) is 191 cm³/mol. The monoisotopic (exact) mass is 692 g/mol. The van der Waals surface area contributed by atoms with Crippen molar-refractivity contribution >= 4 is 39.9 Å². The maximum atomic E-state index is 13.8. The summed E-state index contributed by atoms with van der Waals surface area (Å²) >= 11 is 0.964. The number of hydrogen-bond donors (Lipinski definition) is 1. The minimum absolute atomic E-state index is 0.118. The van der Waals surface area contributed by atoms with E-state index >= 15 is 0 Å². The van der Waals surface area contributed by atoms with Crippen molar-refractivity contribution in [2.24, 2.45) is 5.92 Å². The largest absolute Gasteiger partial charge is 0.507 e. The molecule has 1 N–H and O–H groups in total. The Morgan fingerprint density at radius 3 is 2.31 bits per heavy atom. The number of Topliss-reactive ketones (excluding diaryl/α,β-unsaturated/α-hetero) is 1. The molecule has 0 saturated carbocycles. The molecule has 1 fully saturated rings. The molecule has 0 bridgehead atoms. The number of anilines is 1. The SMILES string of the molecule is CCCCCCCOc1ccc(C2/C(=C(\O)c3ccc(OCCCC)cc3)C(=O)C(=O)N2c2nc(C)c(C(=O)OCC(C)C)s2)cc1OC. The van der Waals surface area contributed by atoms with Crippen LogP contribution in [-0.2, 0) is 14.3 Å². The highest BCUT2D eigenvalue weighted by Crippen LogP contribution is 2.45. The van der Waals surface area contributed by atoms with Crippen LogP contribution in [0.25, 0.3) is 5.76 Å². The molecule has 0 aliphatic carbocycles. The van der Waals surface area contributed by atoms with Gasteiger partial charge in [-0.25, -0.2) is 9.78 Å². The number of amides is 1. The number of carbonyl (C=O) groups is 3. The summed E-state index contributed by atoms with van der Waals surface area (Å²) in [5, 5.41) is 11.8. The summed E-state index contributed by atoms with van der Waals surface area (Å²) in [6.45, 7) is 11.1. The first-order chi connectivity index (χ1) is 23.6. The van der Waals surface area contributed by atoms with Crippen molar-refractivity contribution in [2.45, 2.75) is 85.6 Å². The number of aryl methyl sites for hydroxylation is 1. The van der Waals surface area contributed by atoms with Crippen molar-refractivity contribution in [3.63, 3.8) is 0 Å². The van der Waals surface area contributed by atoms with Crippen LogP contribution in [0.3, 0.4) is 0 Å². The minimum atomic E-state index is -1.08. The third-order valence-electron chi connectivity index (χ3n) is 8.07. The zero-order valence-corrected chi connectivity index (χ0v) is 30.2. The first-order valence-corrected chi connectivity index (χ1v) is 17.9. The van der Waals surface area contributed by atoms with Crippen LogP contribution in [-0.4, -0.2) is 54.7 Å². The molecule has 0 radical (unpaired) electrons. The maximum absolute atomic E-state index is 13.8. The van der Waals surface area contributed by atoms with Crippen molar-refractivity contribution in [3.05, 3.63) is 69.7 Å². The lowest BCUT2D eigenvalue weighted by Crippen LogP contribution is -2.29. The number of aliphatic hydroxyl groups excluding tert-OH is 1. The number of nitrogens with zero attached hydrogens (tertiary/aromatic N) is 2. The maximum Gasteiger partial charge on any atom is 0.350 e. The first kappa shape index (κ1) is 37.4. The molecule has 1 aliphatic rings. The Bertz CT molecular complexity index is 1630. The van der Waals surface area contributed by atoms with E-state index in [1.54, 1.807) is 49.4 Å². The molecule has 4 rings (SSSR count). The van der Waals surface area contributed by atoms with Gasteiger partial charge in [0.15, 0.2) is 16.6 Å². The number of ketones is 1. The zero-order valence-electron chi connectivity index (χ0n) is 29.4. The van der Waals surface area contributed by atoms with Crippen molar-refractivity contribution in [3.8, 4) is 17.2 Å². The van der Waals surface area contributed by atoms with E-state index in [1.807, 2.05) is 13.8 Å². The number of aromatic nitrogens is 1. The average molecular weight is 693 g/mol. The lowest BCUT2D eigenvalue weighted by atomic mass is 9.95. The van der Waals surface area contributed by atoms with Gasteiger partial charge >= 0.3 is 11.9 Å². The second-order valence-electron chi connectivity index (χ2n) is 12.5. The van der Waals surface area contributed by atoms with Crippen LogP contribution in [0, 0.1) is 12.8 Å². The summed E-state index contributed by atoms with van der Waals surface area (Å²) in [5.41, 5.74) is 1.08. The topological polar surface area (TPSA) is 124 Å². The number of esters is 1. The Labute approximate surface area is 293 Å². The van der Waals surface area contributed by atoms with Crippen molar-refractivity contribution < 1.29 is 38.4 Å². The smallest absolute Gasteiger partial charge is 0.350 e. The van der Waals surface area contributed by atoms with Crippen LogP contribution in [0.4, 0.5) is 5.13 Å². The predicted octanol–water partition coefficient (Wildman–Crippen LogP) is 8.43. The second-order valence-corrected chi connectivity index (χ2v) is 13.4. The Balaban J connectivity index is 1.76. The molecule has 1 aromatic heterocycles. The van der Waals surface area contributed by atoms with Crippen molar-refractivity contribution in [1.29, 1.82) is 0 Å². The highest BCUT2D eigenvalue weighted by molar-refractivity contribution is 7.17. The van der Waals surface area contributed by atoms with E-state index in [2.05, 4.69) is 18.8 Å². The van der Waals surface area contributed by atoms with Gasteiger partial charge in [-0.05, 0) is 67.6 Å². The molecule has 1 saturated heterocycles. The van der Waals surface area contributed by atoms with Crippen LogP contribution in [0.1, 0.15) is 105 Å². The average Bonchev–Trinajstić information content (AvgIpc) is 3.61. The van der Waals surface area contributed by atoms with Gasteiger partial charge in [-0.3, -0.25) is 14.5 Å². The summed E-state index contributed by atoms with van der Waals surface area (Å²) in [7, 11) is 1.52. The van der Waals surface area contributed by atoms with E-state index in [-0.39, 0.29) is 33.9 Å². The molecule has 10 nitrogen and oxygen atoms in total. The summed E-state index contributed by atoms with van der Waals surface area (Å²) in [4.78, 5) is 46.6. The Morgan fingerprint density at radius 2 is 1.63 bits per heavy atom. The molecular formula is C38H48N2O8S. The molecule has 0 spiro atoms. The van der Waals surface area contributed by atoms with Crippen LogP contribution in [0.5, 0.6) is 17.2 Å². The van der Waals surface area contributed by atoms with Gasteiger partial charge in [0, 0.05) is 5.56 Å². The third-order valence-corrected chi connectivity index (χ3v) is 9.21. The van der Waals surface area contributed by atoms with Gasteiger partial charge in [0.25, 0.3) is 5.78 Å². The fourth-order valence-corrected chi connectivity index (χ4v) is 6.38. The molecule has 1 amide bonds. The van der Waals surface area contributed by atoms with Crippen LogP contribution in [0.2, 0.25) is 0 Å². The number of rotatable bonds is 18. The zero-order chi connectivity index (χ0) is 35.5. The quantitative estimate of drug-likeness (QED) is 0.0460. The molecule has 11 heteroatoms. The number of ether oxygens (including phenoxy) is 4. The number of methoxy groups -OCH3 is 1. The molecule has 2 heterocycles. The third kappa shape index (κ3) is 9.20. The number of aliphatic hydroxyl groups is 1. The summed E-state index contributed by atoms with van der Waals surface area (Å²) in [6, 6.07) is 10.8. The molecular weight excluding hydrogens is 644 g/mol. The van der Waals surface area contributed by atoms with Gasteiger partial charge in [0.2, 0.25) is 0 Å². The van der Waals surface area contributed by atoms with Gasteiger partial charge in [-0.15, -0.1) is 0 Å². The summed E-state index contributed by atoms with van der Waals surface area (Å²) < 4.78 is 22.9. The normalized spacial score (nSPS) is 15.6. The Kier molecular flexibility index (Phi) is 13.6. The molecule has 3 aromatic rings. The van der Waals surface area contributed by atoms with Crippen LogP contribution >= 0.6 is 11.3 Å². The molecule has 1 atom stereocenters. The van der Waals surface area contributed by atoms with E-state index in [4.69, 9.17) is 18.9 Å². The summed E-state index contributed by atoms with van der Waals surface area (Å²) in [6.07, 6.45) is 7.37. The van der Waals surface area contributed by atoms with Gasteiger partial charge in [-0.2, -0.15) is 0 Å². The van der Waals surface area contributed by atoms with Gasteiger partial charge in [-0.1, -0.05) is 77.2 Å². The van der Waals surface area contributed by atoms with Crippen molar-refractivity contribution in [2.75, 3.05) is 31.8 Å². The van der Waals surface area contributed by atoms with Gasteiger partial charge in [0.1, 0.15) is 16.4 Å². The molecule has 1 aliphatic heterocycles. The van der Waals surface area contributed by atoms with E-state index in [0.29, 0.717) is 47.3 Å². The van der Waals surface area contributed by atoms with Gasteiger partial charge < -0.3 is 24.1 Å². The number of hydrogen-bond acceptors (Lipinski definition) is 10. The summed E-state index contributed by atoms with van der Waals surface area (Å²) in [5.74, 6) is -0.958. The Hall–Kier alpha value is -4.38. The number of benzene rings is 2. The minimum Gasteiger partial charge on any atom is -0.507 e. The molecule has 2 aromatic carbocycles. The lowest BCUT2D eigenvalue weighted by molar-refractivity contribution is -0.132. The molecule has 264 valence electrons. The number of thiazole rings is 1. The van der Waals surface area contributed by atoms with Gasteiger partial charge in [0.05, 0.1) is 44.2 Å². The van der Waals surface area contributed by atoms with Crippen LogP contribution < -0.4 is 19.1 Å². The number of carbonyl (C=O) groups excluding carboxylic acids is 3. The van der Waals surface area contributed by atoms with Crippen LogP contribution in [0.15, 0.2) is 48.0 Å².